The van der Waals surface area contributed by atoms with Crippen molar-refractivity contribution in [2.75, 3.05) is 0 Å². The molecule has 1 atom stereocenters. The zero-order valence-corrected chi connectivity index (χ0v) is 12.0. The quantitative estimate of drug-likeness (QED) is 0.865. The largest absolute Gasteiger partial charge is 0.457 e. The van der Waals surface area contributed by atoms with Gasteiger partial charge in [0, 0.05) is 9.86 Å². The summed E-state index contributed by atoms with van der Waals surface area (Å²) in [6.45, 7) is 2.04. The van der Waals surface area contributed by atoms with E-state index < -0.39 is 6.10 Å². The van der Waals surface area contributed by atoms with Gasteiger partial charge in [0.25, 0.3) is 0 Å². The first-order valence-corrected chi connectivity index (χ1v) is 6.77. The Kier molecular flexibility index (Phi) is 3.72. The first-order valence-electron chi connectivity index (χ1n) is 5.18. The van der Waals surface area contributed by atoms with Crippen molar-refractivity contribution in [1.82, 2.24) is 0 Å². The molecule has 1 unspecified atom stereocenters. The molecule has 16 heavy (non-hydrogen) atoms. The van der Waals surface area contributed by atoms with E-state index in [1.807, 2.05) is 25.1 Å². The lowest BCUT2D eigenvalue weighted by Gasteiger charge is -2.03. The van der Waals surface area contributed by atoms with Crippen molar-refractivity contribution in [2.45, 2.75) is 25.9 Å². The number of fused-ring (bicyclic) bond motifs is 1. The maximum Gasteiger partial charge on any atom is 0.148 e. The molecule has 0 spiro atoms. The molecule has 2 aromatic rings. The van der Waals surface area contributed by atoms with Gasteiger partial charge in [-0.25, -0.2) is 0 Å². The van der Waals surface area contributed by atoms with Crippen LogP contribution in [0, 0.1) is 0 Å². The van der Waals surface area contributed by atoms with Gasteiger partial charge in [0.1, 0.15) is 17.4 Å². The number of aliphatic hydroxyl groups excluding tert-OH is 1. The number of rotatable bonds is 3. The second-order valence-electron chi connectivity index (χ2n) is 3.76. The third-order valence-electron chi connectivity index (χ3n) is 2.45. The van der Waals surface area contributed by atoms with Gasteiger partial charge in [0.15, 0.2) is 0 Å². The molecular formula is C12H12Br2O2. The van der Waals surface area contributed by atoms with Crippen LogP contribution in [0.2, 0.25) is 0 Å². The minimum absolute atomic E-state index is 0.511. The number of hydrogen-bond acceptors (Lipinski definition) is 2. The molecule has 0 aliphatic carbocycles. The Bertz CT molecular complexity index is 505. The van der Waals surface area contributed by atoms with Crippen LogP contribution in [0.25, 0.3) is 11.0 Å². The summed E-state index contributed by atoms with van der Waals surface area (Å²) in [4.78, 5) is 0. The van der Waals surface area contributed by atoms with Gasteiger partial charge >= 0.3 is 0 Å². The van der Waals surface area contributed by atoms with E-state index in [1.165, 1.54) is 0 Å². The average Bonchev–Trinajstić information content (AvgIpc) is 2.62. The van der Waals surface area contributed by atoms with Gasteiger partial charge in [-0.1, -0.05) is 29.3 Å². The van der Waals surface area contributed by atoms with Crippen LogP contribution in [0.5, 0.6) is 0 Å². The molecule has 0 bridgehead atoms. The lowest BCUT2D eigenvalue weighted by Crippen LogP contribution is -1.93. The van der Waals surface area contributed by atoms with E-state index >= 15 is 0 Å². The molecule has 2 nitrogen and oxygen atoms in total. The lowest BCUT2D eigenvalue weighted by molar-refractivity contribution is 0.141. The van der Waals surface area contributed by atoms with E-state index in [-0.39, 0.29) is 0 Å². The van der Waals surface area contributed by atoms with Gasteiger partial charge in [-0.05, 0) is 40.5 Å². The summed E-state index contributed by atoms with van der Waals surface area (Å²) >= 11 is 6.87. The highest BCUT2D eigenvalue weighted by Crippen LogP contribution is 2.33. The molecule has 86 valence electrons. The van der Waals surface area contributed by atoms with E-state index in [9.17, 15) is 5.11 Å². The lowest BCUT2D eigenvalue weighted by atomic mass is 10.1. The monoisotopic (exact) mass is 346 g/mol. The second-order valence-corrected chi connectivity index (χ2v) is 5.53. The van der Waals surface area contributed by atoms with Crippen molar-refractivity contribution < 1.29 is 9.52 Å². The van der Waals surface area contributed by atoms with Crippen LogP contribution in [0.3, 0.4) is 0 Å². The number of aliphatic hydroxyl groups is 1. The van der Waals surface area contributed by atoms with Gasteiger partial charge < -0.3 is 9.52 Å². The number of halogens is 2. The maximum atomic E-state index is 9.86. The Morgan fingerprint density at radius 3 is 2.75 bits per heavy atom. The molecule has 0 saturated carbocycles. The first-order chi connectivity index (χ1) is 7.61. The van der Waals surface area contributed by atoms with Gasteiger partial charge in [0.05, 0.1) is 4.47 Å². The van der Waals surface area contributed by atoms with Crippen LogP contribution in [0.4, 0.5) is 0 Å². The highest BCUT2D eigenvalue weighted by molar-refractivity contribution is 9.11. The molecule has 0 saturated heterocycles. The SMILES string of the molecule is CCCC(O)c1cc2cc(Br)cc(Br)c2o1. The summed E-state index contributed by atoms with van der Waals surface area (Å²) in [5, 5.41) is 10.9. The fourth-order valence-corrected chi connectivity index (χ4v) is 3.01. The molecule has 0 aliphatic rings. The summed E-state index contributed by atoms with van der Waals surface area (Å²) in [6.07, 6.45) is 1.14. The van der Waals surface area contributed by atoms with E-state index in [2.05, 4.69) is 31.9 Å². The Morgan fingerprint density at radius 1 is 1.31 bits per heavy atom. The van der Waals surface area contributed by atoms with Gasteiger partial charge in [-0.2, -0.15) is 0 Å². The van der Waals surface area contributed by atoms with E-state index in [1.54, 1.807) is 0 Å². The van der Waals surface area contributed by atoms with Crippen molar-refractivity contribution in [2.24, 2.45) is 0 Å². The van der Waals surface area contributed by atoms with Crippen LogP contribution in [-0.2, 0) is 0 Å². The zero-order valence-electron chi connectivity index (χ0n) is 8.84. The fourth-order valence-electron chi connectivity index (χ4n) is 1.68. The van der Waals surface area contributed by atoms with Gasteiger partial charge in [-0.15, -0.1) is 0 Å². The van der Waals surface area contributed by atoms with Crippen LogP contribution in [0.15, 0.2) is 31.6 Å². The molecule has 1 aromatic carbocycles. The van der Waals surface area contributed by atoms with Crippen molar-refractivity contribution in [3.8, 4) is 0 Å². The summed E-state index contributed by atoms with van der Waals surface area (Å²) in [5.41, 5.74) is 0.786. The van der Waals surface area contributed by atoms with Crippen LogP contribution < -0.4 is 0 Å². The van der Waals surface area contributed by atoms with Crippen LogP contribution in [0.1, 0.15) is 31.6 Å². The first kappa shape index (κ1) is 12.1. The zero-order chi connectivity index (χ0) is 11.7. The van der Waals surface area contributed by atoms with Crippen LogP contribution >= 0.6 is 31.9 Å². The topological polar surface area (TPSA) is 33.4 Å². The Balaban J connectivity index is 2.47. The molecule has 1 aromatic heterocycles. The molecule has 0 aliphatic heterocycles. The maximum absolute atomic E-state index is 9.86. The normalized spacial score (nSPS) is 13.2. The summed E-state index contributed by atoms with van der Waals surface area (Å²) in [6, 6.07) is 5.80. The summed E-state index contributed by atoms with van der Waals surface area (Å²) in [7, 11) is 0. The summed E-state index contributed by atoms with van der Waals surface area (Å²) in [5.74, 6) is 0.635. The predicted molar refractivity (Wildman–Crippen MR) is 71.5 cm³/mol. The van der Waals surface area contributed by atoms with Gasteiger partial charge in [-0.3, -0.25) is 0 Å². The highest BCUT2D eigenvalue weighted by atomic mass is 79.9. The predicted octanol–water partition coefficient (Wildman–Crippen LogP) is 4.79. The Morgan fingerprint density at radius 2 is 2.06 bits per heavy atom. The third-order valence-corrected chi connectivity index (χ3v) is 3.49. The molecule has 1 N–H and O–H groups in total. The number of benzene rings is 1. The highest BCUT2D eigenvalue weighted by Gasteiger charge is 2.14. The smallest absolute Gasteiger partial charge is 0.148 e. The second kappa shape index (κ2) is 4.90. The Labute approximate surface area is 111 Å². The van der Waals surface area contributed by atoms with Crippen molar-refractivity contribution in [1.29, 1.82) is 0 Å². The third kappa shape index (κ3) is 2.34. The van der Waals surface area contributed by atoms with Gasteiger partial charge in [0.2, 0.25) is 0 Å². The van der Waals surface area contributed by atoms with E-state index in [0.717, 1.165) is 32.8 Å². The molecule has 0 fully saturated rings. The molecule has 0 amide bonds. The average molecular weight is 348 g/mol. The molecule has 1 heterocycles. The van der Waals surface area contributed by atoms with E-state index in [4.69, 9.17) is 4.42 Å². The number of hydrogen-bond donors (Lipinski definition) is 1. The van der Waals surface area contributed by atoms with E-state index in [0.29, 0.717) is 5.76 Å². The van der Waals surface area contributed by atoms with Crippen LogP contribution in [-0.4, -0.2) is 5.11 Å². The standard InChI is InChI=1S/C12H12Br2O2/c1-2-3-10(15)11-5-7-4-8(13)6-9(14)12(7)16-11/h4-6,10,15H,2-3H2,1H3. The Hall–Kier alpha value is -0.320. The molecule has 0 radical (unpaired) electrons. The summed E-state index contributed by atoms with van der Waals surface area (Å²) < 4.78 is 7.54. The van der Waals surface area contributed by atoms with Crippen molar-refractivity contribution in [3.05, 3.63) is 32.9 Å². The number of furan rings is 1. The minimum atomic E-state index is -0.511. The molecule has 2 rings (SSSR count). The van der Waals surface area contributed by atoms with Crippen molar-refractivity contribution >= 4 is 42.8 Å². The van der Waals surface area contributed by atoms with Crippen molar-refractivity contribution in [3.63, 3.8) is 0 Å². The fraction of sp³-hybridized carbons (Fsp3) is 0.333. The minimum Gasteiger partial charge on any atom is -0.457 e. The molecule has 4 heteroatoms. The molecular weight excluding hydrogens is 336 g/mol.